The first-order valence-electron chi connectivity index (χ1n) is 9.13. The summed E-state index contributed by atoms with van der Waals surface area (Å²) in [6.07, 6.45) is 5.74. The van der Waals surface area contributed by atoms with Gasteiger partial charge in [-0.05, 0) is 43.0 Å². The standard InChI is InChI=1S/C21H21FN4/c22-18-6-2-5-17-19-12-24-13-26(19)21(20(17)18)14-7-9-25(10-8-14)16-4-1-3-15(23)11-16/h1-6,11-14,21H,7-10,23H2. The van der Waals surface area contributed by atoms with Crippen molar-refractivity contribution in [1.82, 2.24) is 9.55 Å². The number of fused-ring (bicyclic) bond motifs is 3. The molecule has 2 aliphatic rings. The van der Waals surface area contributed by atoms with Crippen LogP contribution in [0.1, 0.15) is 24.4 Å². The molecule has 3 heterocycles. The smallest absolute Gasteiger partial charge is 0.129 e. The average Bonchev–Trinajstić information content (AvgIpc) is 3.24. The summed E-state index contributed by atoms with van der Waals surface area (Å²) in [4.78, 5) is 6.68. The van der Waals surface area contributed by atoms with Crippen LogP contribution in [0.3, 0.4) is 0 Å². The van der Waals surface area contributed by atoms with Crippen molar-refractivity contribution in [3.05, 3.63) is 66.4 Å². The van der Waals surface area contributed by atoms with Crippen LogP contribution in [0.25, 0.3) is 11.3 Å². The van der Waals surface area contributed by atoms with E-state index in [2.05, 4.69) is 20.5 Å². The molecule has 2 N–H and O–H groups in total. The predicted octanol–water partition coefficient (Wildman–Crippen LogP) is 4.09. The SMILES string of the molecule is Nc1cccc(N2CCC(C3c4c(F)cccc4-c4cncn43)CC2)c1. The van der Waals surface area contributed by atoms with Gasteiger partial charge in [0, 0.05) is 35.6 Å². The highest BCUT2D eigenvalue weighted by atomic mass is 19.1. The van der Waals surface area contributed by atoms with E-state index in [4.69, 9.17) is 5.73 Å². The van der Waals surface area contributed by atoms with Crippen molar-refractivity contribution >= 4 is 11.4 Å². The molecule has 0 aliphatic carbocycles. The number of hydrogen-bond acceptors (Lipinski definition) is 3. The van der Waals surface area contributed by atoms with Gasteiger partial charge in [0.15, 0.2) is 0 Å². The zero-order chi connectivity index (χ0) is 17.7. The Morgan fingerprint density at radius 3 is 2.69 bits per heavy atom. The number of aromatic nitrogens is 2. The maximum Gasteiger partial charge on any atom is 0.129 e. The monoisotopic (exact) mass is 348 g/mol. The Morgan fingerprint density at radius 2 is 1.88 bits per heavy atom. The summed E-state index contributed by atoms with van der Waals surface area (Å²) in [5, 5.41) is 0. The maximum atomic E-state index is 14.7. The second-order valence-corrected chi connectivity index (χ2v) is 7.25. The zero-order valence-electron chi connectivity index (χ0n) is 14.5. The van der Waals surface area contributed by atoms with Crippen molar-refractivity contribution in [3.63, 3.8) is 0 Å². The third-order valence-corrected chi connectivity index (χ3v) is 5.81. The molecule has 1 saturated heterocycles. The van der Waals surface area contributed by atoms with Gasteiger partial charge in [0.05, 0.1) is 24.3 Å². The van der Waals surface area contributed by atoms with Crippen molar-refractivity contribution in [2.75, 3.05) is 23.7 Å². The topological polar surface area (TPSA) is 47.1 Å². The summed E-state index contributed by atoms with van der Waals surface area (Å²) in [5.41, 5.74) is 10.7. The van der Waals surface area contributed by atoms with Crippen molar-refractivity contribution < 1.29 is 4.39 Å². The Kier molecular flexibility index (Phi) is 3.48. The Labute approximate surface area is 152 Å². The lowest BCUT2D eigenvalue weighted by molar-refractivity contribution is 0.312. The summed E-state index contributed by atoms with van der Waals surface area (Å²) >= 11 is 0. The Bertz CT molecular complexity index is 956. The number of piperidine rings is 1. The fraction of sp³-hybridized carbons (Fsp3) is 0.286. The van der Waals surface area contributed by atoms with Crippen LogP contribution in [0.4, 0.5) is 15.8 Å². The number of rotatable bonds is 2. The second kappa shape index (κ2) is 5.87. The van der Waals surface area contributed by atoms with Crippen molar-refractivity contribution in [2.45, 2.75) is 18.9 Å². The lowest BCUT2D eigenvalue weighted by atomic mass is 9.85. The molecule has 1 unspecified atom stereocenters. The van der Waals surface area contributed by atoms with Crippen LogP contribution in [0.2, 0.25) is 0 Å². The van der Waals surface area contributed by atoms with Gasteiger partial charge in [0.1, 0.15) is 5.82 Å². The molecule has 0 spiro atoms. The van der Waals surface area contributed by atoms with E-state index in [9.17, 15) is 4.39 Å². The zero-order valence-corrected chi connectivity index (χ0v) is 14.5. The third kappa shape index (κ3) is 2.30. The van der Waals surface area contributed by atoms with Gasteiger partial charge in [-0.2, -0.15) is 0 Å². The summed E-state index contributed by atoms with van der Waals surface area (Å²) in [6, 6.07) is 13.5. The number of nitrogens with two attached hydrogens (primary N) is 1. The molecule has 26 heavy (non-hydrogen) atoms. The number of nitrogen functional groups attached to an aromatic ring is 1. The molecule has 0 bridgehead atoms. The highest BCUT2D eigenvalue weighted by molar-refractivity contribution is 5.69. The van der Waals surface area contributed by atoms with E-state index in [1.807, 2.05) is 36.8 Å². The first kappa shape index (κ1) is 15.4. The third-order valence-electron chi connectivity index (χ3n) is 5.81. The molecule has 0 amide bonds. The maximum absolute atomic E-state index is 14.7. The Hall–Kier alpha value is -2.82. The molecule has 1 aromatic heterocycles. The van der Waals surface area contributed by atoms with Crippen LogP contribution in [0, 0.1) is 11.7 Å². The number of halogens is 1. The fourth-order valence-electron chi connectivity index (χ4n) is 4.59. The van der Waals surface area contributed by atoms with Crippen molar-refractivity contribution in [3.8, 4) is 11.3 Å². The number of benzene rings is 2. The lowest BCUT2D eigenvalue weighted by Gasteiger charge is -2.37. The van der Waals surface area contributed by atoms with E-state index >= 15 is 0 Å². The molecular formula is C21H21FN4. The number of anilines is 2. The van der Waals surface area contributed by atoms with Crippen LogP contribution >= 0.6 is 0 Å². The van der Waals surface area contributed by atoms with Gasteiger partial charge in [0.25, 0.3) is 0 Å². The van der Waals surface area contributed by atoms with Crippen LogP contribution < -0.4 is 10.6 Å². The normalized spacial score (nSPS) is 19.4. The molecular weight excluding hydrogens is 327 g/mol. The van der Waals surface area contributed by atoms with E-state index in [-0.39, 0.29) is 11.9 Å². The number of nitrogens with zero attached hydrogens (tertiary/aromatic N) is 3. The quantitative estimate of drug-likeness (QED) is 0.710. The predicted molar refractivity (Wildman–Crippen MR) is 102 cm³/mol. The molecule has 1 fully saturated rings. The lowest BCUT2D eigenvalue weighted by Crippen LogP contribution is -2.36. The molecule has 132 valence electrons. The van der Waals surface area contributed by atoms with Crippen LogP contribution in [-0.2, 0) is 0 Å². The van der Waals surface area contributed by atoms with Crippen molar-refractivity contribution in [2.24, 2.45) is 5.92 Å². The first-order chi connectivity index (χ1) is 12.7. The number of imidazole rings is 1. The largest absolute Gasteiger partial charge is 0.399 e. The average molecular weight is 348 g/mol. The van der Waals surface area contributed by atoms with Gasteiger partial charge in [-0.1, -0.05) is 18.2 Å². The minimum atomic E-state index is -0.102. The van der Waals surface area contributed by atoms with Gasteiger partial charge in [-0.15, -0.1) is 0 Å². The van der Waals surface area contributed by atoms with Crippen molar-refractivity contribution in [1.29, 1.82) is 0 Å². The minimum Gasteiger partial charge on any atom is -0.399 e. The summed E-state index contributed by atoms with van der Waals surface area (Å²) in [5.74, 6) is 0.299. The molecule has 5 heteroatoms. The summed E-state index contributed by atoms with van der Waals surface area (Å²) < 4.78 is 16.8. The summed E-state index contributed by atoms with van der Waals surface area (Å²) in [7, 11) is 0. The van der Waals surface area contributed by atoms with E-state index in [1.54, 1.807) is 12.1 Å². The molecule has 2 aliphatic heterocycles. The van der Waals surface area contributed by atoms with Gasteiger partial charge in [0.2, 0.25) is 0 Å². The van der Waals surface area contributed by atoms with Gasteiger partial charge in [-0.3, -0.25) is 0 Å². The fourth-order valence-corrected chi connectivity index (χ4v) is 4.59. The molecule has 3 aromatic rings. The van der Waals surface area contributed by atoms with Gasteiger partial charge in [-0.25, -0.2) is 9.37 Å². The van der Waals surface area contributed by atoms with E-state index in [1.165, 1.54) is 5.69 Å². The van der Waals surface area contributed by atoms with Gasteiger partial charge < -0.3 is 15.2 Å². The Morgan fingerprint density at radius 1 is 1.08 bits per heavy atom. The van der Waals surface area contributed by atoms with E-state index in [0.29, 0.717) is 5.92 Å². The number of hydrogen-bond donors (Lipinski definition) is 1. The molecule has 0 saturated carbocycles. The Balaban J connectivity index is 1.43. The highest BCUT2D eigenvalue weighted by Crippen LogP contribution is 2.46. The van der Waals surface area contributed by atoms with Crippen LogP contribution in [0.15, 0.2) is 55.0 Å². The first-order valence-corrected chi connectivity index (χ1v) is 9.13. The highest BCUT2D eigenvalue weighted by Gasteiger charge is 2.37. The van der Waals surface area contributed by atoms with E-state index < -0.39 is 0 Å². The minimum absolute atomic E-state index is 0.0479. The van der Waals surface area contributed by atoms with Gasteiger partial charge >= 0.3 is 0 Å². The summed E-state index contributed by atoms with van der Waals surface area (Å²) in [6.45, 7) is 1.91. The van der Waals surface area contributed by atoms with E-state index in [0.717, 1.165) is 48.4 Å². The molecule has 4 nitrogen and oxygen atoms in total. The van der Waals surface area contributed by atoms with Crippen LogP contribution in [-0.4, -0.2) is 22.6 Å². The molecule has 2 aromatic carbocycles. The molecule has 1 atom stereocenters. The second-order valence-electron chi connectivity index (χ2n) is 7.25. The molecule has 0 radical (unpaired) electrons. The molecule has 5 rings (SSSR count). The van der Waals surface area contributed by atoms with Crippen LogP contribution in [0.5, 0.6) is 0 Å².